The van der Waals surface area contributed by atoms with Gasteiger partial charge in [0.2, 0.25) is 35.1 Å². The number of amides is 6. The predicted octanol–water partition coefficient (Wildman–Crippen LogP) is 6.99. The van der Waals surface area contributed by atoms with E-state index in [2.05, 4.69) is 134 Å². The average Bonchev–Trinajstić information content (AvgIpc) is 1.53. The number of likely N-dealkylation sites (tertiary alicyclic amines) is 2. The van der Waals surface area contributed by atoms with Crippen molar-refractivity contribution in [3.63, 3.8) is 0 Å². The van der Waals surface area contributed by atoms with Crippen molar-refractivity contribution in [1.82, 2.24) is 59.9 Å². The van der Waals surface area contributed by atoms with Gasteiger partial charge in [0.25, 0.3) is 43.9 Å². The molecular weight excluding hydrogens is 1630 g/mol. The Morgan fingerprint density at radius 2 is 1.10 bits per heavy atom. The summed E-state index contributed by atoms with van der Waals surface area (Å²) in [5.41, 5.74) is 10.2. The zero-order valence-corrected chi connectivity index (χ0v) is 72.7. The number of piperazine rings is 2. The zero-order chi connectivity index (χ0) is 87.8. The minimum atomic E-state index is -3.67. The second-order valence-electron chi connectivity index (χ2n) is 36.4. The molecule has 5 aromatic carbocycles. The van der Waals surface area contributed by atoms with Crippen LogP contribution in [-0.2, 0) is 105 Å². The molecule has 14 heterocycles. The first-order valence-corrected chi connectivity index (χ1v) is 46.7. The molecule has 13 aliphatic rings. The molecule has 2 aliphatic carbocycles. The molecule has 124 heavy (non-hydrogen) atoms. The van der Waals surface area contributed by atoms with Crippen molar-refractivity contribution in [2.45, 2.75) is 188 Å². The van der Waals surface area contributed by atoms with Crippen LogP contribution in [0.15, 0.2) is 146 Å². The van der Waals surface area contributed by atoms with Gasteiger partial charge in [-0.15, -0.1) is 0 Å². The molecule has 6 amide bonds. The Morgan fingerprint density at radius 1 is 0.613 bits per heavy atom. The number of para-hydroxylation sites is 1. The first kappa shape index (κ1) is 86.2. The van der Waals surface area contributed by atoms with Crippen LogP contribution in [0, 0.1) is 29.6 Å². The number of H-pyrrole nitrogens is 3. The number of ether oxygens (including phenoxy) is 4. The largest absolute Gasteiger partial charge is 0.497 e. The van der Waals surface area contributed by atoms with Crippen molar-refractivity contribution in [3.05, 3.63) is 190 Å². The van der Waals surface area contributed by atoms with Crippen LogP contribution < -0.4 is 10.6 Å². The van der Waals surface area contributed by atoms with Crippen molar-refractivity contribution in [3.8, 4) is 0 Å². The summed E-state index contributed by atoms with van der Waals surface area (Å²) in [7, 11) is -1.76. The molecule has 0 bridgehead atoms. The fraction of sp³-hybridized carbons (Fsp3) is 0.505. The van der Waals surface area contributed by atoms with Crippen LogP contribution in [-0.4, -0.2) is 265 Å². The normalized spacial score (nSPS) is 32.0. The van der Waals surface area contributed by atoms with Crippen molar-refractivity contribution in [2.24, 2.45) is 29.6 Å². The minimum absolute atomic E-state index is 0.124. The van der Waals surface area contributed by atoms with Crippen LogP contribution >= 0.6 is 0 Å². The van der Waals surface area contributed by atoms with Gasteiger partial charge in [-0.3, -0.25) is 62.0 Å². The van der Waals surface area contributed by atoms with E-state index in [0.29, 0.717) is 94.7 Å². The van der Waals surface area contributed by atoms with Crippen LogP contribution in [0.1, 0.15) is 135 Å². The molecule has 31 nitrogen and oxygen atoms in total. The second kappa shape index (κ2) is 32.8. The Bertz CT molecular complexity index is 5740. The number of nitrogens with one attached hydrogen (secondary N) is 5. The van der Waals surface area contributed by atoms with E-state index in [4.69, 9.17) is 28.1 Å². The van der Waals surface area contributed by atoms with Crippen molar-refractivity contribution in [1.29, 1.82) is 0 Å². The molecule has 9 fully saturated rings. The van der Waals surface area contributed by atoms with Crippen LogP contribution in [0.25, 0.3) is 32.7 Å². The number of aromatic amines is 3. The predicted molar refractivity (Wildman–Crippen MR) is 457 cm³/mol. The van der Waals surface area contributed by atoms with E-state index >= 15 is 0 Å². The van der Waals surface area contributed by atoms with Crippen molar-refractivity contribution in [2.75, 3.05) is 73.0 Å². The van der Waals surface area contributed by atoms with Crippen LogP contribution in [0.2, 0.25) is 0 Å². The molecule has 9 N–H and O–H groups in total. The number of rotatable bonds is 10. The second-order valence-corrected chi connectivity index (χ2v) is 39.4. The lowest BCUT2D eigenvalue weighted by atomic mass is 9.72. The maximum atomic E-state index is 14.6. The zero-order valence-electron chi connectivity index (χ0n) is 71.0. The van der Waals surface area contributed by atoms with E-state index < -0.39 is 91.3 Å². The van der Waals surface area contributed by atoms with E-state index in [0.717, 1.165) is 60.9 Å². The number of likely N-dealkylation sites (N-methyl/N-ethyl adjacent to an activating group) is 2. The fourth-order valence-corrected chi connectivity index (χ4v) is 22.8. The van der Waals surface area contributed by atoms with E-state index in [1.165, 1.54) is 79.0 Å². The minimum Gasteiger partial charge on any atom is -0.497 e. The van der Waals surface area contributed by atoms with Gasteiger partial charge in [-0.25, -0.2) is 4.79 Å². The summed E-state index contributed by atoms with van der Waals surface area (Å²) < 4.78 is 75.3. The number of nitrogens with zero attached hydrogens (tertiary/aromatic N) is 7. The molecule has 0 saturated carbocycles. The fourth-order valence-electron chi connectivity index (χ4n) is 22.8. The highest BCUT2D eigenvalue weighted by Gasteiger charge is 2.73. The lowest BCUT2D eigenvalue weighted by Gasteiger charge is -2.49. The lowest BCUT2D eigenvalue weighted by Crippen LogP contribution is -2.71. The Labute approximate surface area is 720 Å². The Hall–Kier alpha value is -9.91. The Kier molecular flexibility index (Phi) is 22.8. The highest BCUT2D eigenvalue weighted by molar-refractivity contribution is 7.85. The number of carbonyl (C=O) groups excluding carboxylic acids is 7. The van der Waals surface area contributed by atoms with Gasteiger partial charge in [0.15, 0.2) is 0 Å². The number of aromatic nitrogens is 3. The molecular formula is C91H110N12O19S2. The molecule has 33 heteroatoms. The van der Waals surface area contributed by atoms with E-state index in [-0.39, 0.29) is 84.3 Å². The summed E-state index contributed by atoms with van der Waals surface area (Å²) in [4.78, 5) is 120. The first-order valence-electron chi connectivity index (χ1n) is 43.0. The van der Waals surface area contributed by atoms with Gasteiger partial charge >= 0.3 is 5.97 Å². The van der Waals surface area contributed by atoms with Crippen LogP contribution in [0.5, 0.6) is 0 Å². The first-order chi connectivity index (χ1) is 59.0. The number of carbonyl (C=O) groups is 7. The van der Waals surface area contributed by atoms with Gasteiger partial charge in [-0.1, -0.05) is 117 Å². The molecule has 9 saturated heterocycles. The molecule has 8 aromatic rings. The lowest BCUT2D eigenvalue weighted by molar-refractivity contribution is -0.321. The molecule has 0 unspecified atom stereocenters. The third-order valence-corrected chi connectivity index (χ3v) is 28.4. The van der Waals surface area contributed by atoms with Gasteiger partial charge in [0.1, 0.15) is 24.2 Å². The summed E-state index contributed by atoms with van der Waals surface area (Å²) in [5, 5.41) is 34.2. The molecule has 3 aromatic heterocycles. The van der Waals surface area contributed by atoms with Crippen molar-refractivity contribution < 1.29 is 88.7 Å². The summed E-state index contributed by atoms with van der Waals surface area (Å²) in [6.07, 6.45) is 15.4. The Balaban J connectivity index is 0.000000128. The van der Waals surface area contributed by atoms with Gasteiger partial charge < -0.3 is 64.9 Å². The molecule has 11 aliphatic heterocycles. The maximum absolute atomic E-state index is 14.6. The number of methoxy groups -OCH3 is 1. The molecule has 18 atom stereocenters. The number of hydrogen-bond acceptors (Lipinski definition) is 20. The van der Waals surface area contributed by atoms with Gasteiger partial charge in [0.05, 0.1) is 55.4 Å². The monoisotopic (exact) mass is 1740 g/mol. The highest BCUT2D eigenvalue weighted by Crippen LogP contribution is 2.53. The quantitative estimate of drug-likeness (QED) is 0.0492. The number of hydrogen-bond donors (Lipinski definition) is 9. The Morgan fingerprint density at radius 3 is 1.61 bits per heavy atom. The topological polar surface area (TPSA) is 400 Å². The summed E-state index contributed by atoms with van der Waals surface area (Å²) >= 11 is 0. The van der Waals surface area contributed by atoms with E-state index in [1.54, 1.807) is 16.1 Å². The van der Waals surface area contributed by atoms with Crippen molar-refractivity contribution >= 4 is 94.4 Å². The van der Waals surface area contributed by atoms with E-state index in [9.17, 15) is 60.6 Å². The molecule has 660 valence electrons. The molecule has 0 radical (unpaired) electrons. The summed E-state index contributed by atoms with van der Waals surface area (Å²) in [5.74, 6) is -6.86. The maximum Gasteiger partial charge on any atom is 0.337 e. The van der Waals surface area contributed by atoms with Crippen LogP contribution in [0.4, 0.5) is 0 Å². The summed E-state index contributed by atoms with van der Waals surface area (Å²) in [6.45, 7) is 11.4. The number of aliphatic hydroxyl groups is 2. The van der Waals surface area contributed by atoms with Gasteiger partial charge in [-0.2, -0.15) is 16.8 Å². The third kappa shape index (κ3) is 15.5. The number of benzene rings is 5. The SMILES string of the molecule is CC(C)[C@@]1(NC(=O)[C@@H]2C[C@@H]3c4cccc5[nH]cc(c45)C[C@H]3N(C)C2)O[C@@]2(O)[C@@H]3CCCN3C(=O)[C@H](Cc3ccccc3)N2C1=O.CN1C[C@H](C(=O)N[C@]2(C)O[C@@]3(O)[C@@H]4CCCN4C(=O)[C@H](Cc4ccccc4)N3C2=O)C[C@@H]2c3cccc4[nH]cc(c34)C[C@H]21.COC(=O)C1=CO[C@@H](C)[C@H]2CN3CCc4c([nH]c5ccccc45)[C@@H]3C[C@H]12.CS(=O)(=O)O.CS(=O)(=O)O. The smallest absolute Gasteiger partial charge is 0.337 e. The van der Waals surface area contributed by atoms with Crippen LogP contribution in [0.3, 0.4) is 0 Å². The number of fused-ring (bicyclic) bond motifs is 16. The average molecular weight is 1740 g/mol. The molecule has 0 spiro atoms. The number of esters is 1. The number of piperidine rings is 3. The third-order valence-electron chi connectivity index (χ3n) is 28.4. The summed E-state index contributed by atoms with van der Waals surface area (Å²) in [6, 6.07) is 37.8. The van der Waals surface area contributed by atoms with Gasteiger partial charge in [0, 0.05) is 145 Å². The molecule has 21 rings (SSSR count). The standard InChI is InChI=1S/C35H41N5O5.C33H37N5O5.C21H24N2O3.2CH4O3S/c1-20(2)34(37-31(41)23-16-25-24-11-7-12-26-30(24)22(18-36-26)17-27(25)38(3)19-23)33(43)40-28(15-21-9-5-4-6-10-21)32(42)39-14-8-13-29(39)35(40,44)45-34;1-32(35-29(39)21-15-23-22-10-6-11-24-28(22)20(17-34-24)16-25(23)36(2)18-21)31(41)38-26(14-19-8-4-3-5-9-19)30(40)37-13-7-12-27(37)33(38,42)43-32;1-12-16-10-23-8-7-14-13-5-3-4-6-18(13)22-20(14)19(23)9-15(16)17(11-26-12)21(24)25-2;2*1-5(2,3)4/h4-7,9-12,18,20,23,25,27-29,36,44H,8,13-17,19H2,1-3H3,(H,37,41);3-6,8-11,17,21,23,25-27,34,42H,7,12-16,18H2,1-2H3,(H,35,39);3-6,11-12,15-16,19,22H,7-10H2,1-2H3;2*1H3,(H,2,3,4)/t23-,25-,27-,28+,29+,34-,35+;21-,23-,25-,26+,27+,32-,33+;12-,15-,16+,19-;;/m110../s1. The van der Waals surface area contributed by atoms with Gasteiger partial charge in [-0.05, 0) is 149 Å². The highest BCUT2D eigenvalue weighted by atomic mass is 32.2. The van der Waals surface area contributed by atoms with E-state index in [1.807, 2.05) is 74.5 Å².